The predicted octanol–water partition coefficient (Wildman–Crippen LogP) is 4.32. The lowest BCUT2D eigenvalue weighted by Crippen LogP contribution is -2.48. The summed E-state index contributed by atoms with van der Waals surface area (Å²) in [4.78, 5) is 7.28. The third-order valence-corrected chi connectivity index (χ3v) is 8.33. The van der Waals surface area contributed by atoms with Crippen molar-refractivity contribution in [1.29, 1.82) is 0 Å². The fourth-order valence-electron chi connectivity index (χ4n) is 3.33. The fourth-order valence-corrected chi connectivity index (χ4v) is 6.23. The summed E-state index contributed by atoms with van der Waals surface area (Å²) >= 11 is 4.98. The van der Waals surface area contributed by atoms with Gasteiger partial charge in [0.1, 0.15) is 0 Å². The molecule has 1 aromatic heterocycles. The van der Waals surface area contributed by atoms with Crippen LogP contribution in [-0.2, 0) is 16.4 Å². The highest BCUT2D eigenvalue weighted by molar-refractivity contribution is 9.10. The van der Waals surface area contributed by atoms with Crippen LogP contribution in [-0.4, -0.2) is 43.9 Å². The van der Waals surface area contributed by atoms with Crippen molar-refractivity contribution < 1.29 is 8.42 Å². The molecule has 0 amide bonds. The highest BCUT2D eigenvalue weighted by atomic mass is 79.9. The van der Waals surface area contributed by atoms with Crippen LogP contribution in [0, 0.1) is 6.92 Å². The van der Waals surface area contributed by atoms with Crippen molar-refractivity contribution in [3.05, 3.63) is 75.2 Å². The first-order valence-corrected chi connectivity index (χ1v) is 12.5. The Hall–Kier alpha value is -1.74. The molecule has 0 radical (unpaired) electrons. The first kappa shape index (κ1) is 20.5. The fraction of sp³-hybridized carbons (Fsp3) is 0.286. The maximum atomic E-state index is 12.9. The Bertz CT molecular complexity index is 1090. The van der Waals surface area contributed by atoms with Crippen molar-refractivity contribution in [2.24, 2.45) is 0 Å². The Labute approximate surface area is 184 Å². The molecule has 0 unspecified atom stereocenters. The van der Waals surface area contributed by atoms with Crippen molar-refractivity contribution in [3.8, 4) is 0 Å². The van der Waals surface area contributed by atoms with Gasteiger partial charge in [0.15, 0.2) is 5.13 Å². The Morgan fingerprint density at radius 1 is 1.07 bits per heavy atom. The molecule has 3 aromatic rings. The van der Waals surface area contributed by atoms with Gasteiger partial charge in [0.25, 0.3) is 0 Å². The molecule has 1 aliphatic heterocycles. The summed E-state index contributed by atoms with van der Waals surface area (Å²) in [6.07, 6.45) is 0.814. The minimum atomic E-state index is -3.47. The summed E-state index contributed by atoms with van der Waals surface area (Å²) < 4.78 is 28.1. The standard InChI is InChI=1S/C21H22BrN3O2S2/c1-16-5-7-17(8-6-16)13-19-15-28-21(23-19)24-9-11-25(12-10-24)29(26,27)20-4-2-3-18(22)14-20/h2-8,14-15H,9-13H2,1H3. The van der Waals surface area contributed by atoms with Crippen molar-refractivity contribution in [2.45, 2.75) is 18.2 Å². The second-order valence-electron chi connectivity index (χ2n) is 7.13. The van der Waals surface area contributed by atoms with Crippen LogP contribution in [0.2, 0.25) is 0 Å². The topological polar surface area (TPSA) is 53.5 Å². The summed E-state index contributed by atoms with van der Waals surface area (Å²) in [5.41, 5.74) is 3.55. The van der Waals surface area contributed by atoms with Gasteiger partial charge in [-0.05, 0) is 30.7 Å². The van der Waals surface area contributed by atoms with Crippen LogP contribution in [0.4, 0.5) is 5.13 Å². The van der Waals surface area contributed by atoms with Crippen molar-refractivity contribution in [1.82, 2.24) is 9.29 Å². The van der Waals surface area contributed by atoms with E-state index in [1.54, 1.807) is 33.8 Å². The Morgan fingerprint density at radius 2 is 1.79 bits per heavy atom. The number of benzene rings is 2. The molecule has 1 fully saturated rings. The Kier molecular flexibility index (Phi) is 6.06. The Balaban J connectivity index is 1.40. The zero-order valence-electron chi connectivity index (χ0n) is 16.1. The van der Waals surface area contributed by atoms with Crippen molar-refractivity contribution in [3.63, 3.8) is 0 Å². The number of rotatable bonds is 5. The summed E-state index contributed by atoms with van der Waals surface area (Å²) in [5, 5.41) is 3.06. The van der Waals surface area contributed by atoms with E-state index in [2.05, 4.69) is 57.4 Å². The zero-order valence-corrected chi connectivity index (χ0v) is 19.3. The quantitative estimate of drug-likeness (QED) is 0.533. The van der Waals surface area contributed by atoms with Gasteiger partial charge in [0, 0.05) is 42.5 Å². The molecule has 4 rings (SSSR count). The first-order chi connectivity index (χ1) is 13.9. The van der Waals surface area contributed by atoms with Crippen LogP contribution in [0.1, 0.15) is 16.8 Å². The maximum Gasteiger partial charge on any atom is 0.243 e. The van der Waals surface area contributed by atoms with Crippen LogP contribution < -0.4 is 4.90 Å². The number of nitrogens with zero attached hydrogens (tertiary/aromatic N) is 3. The number of aryl methyl sites for hydroxylation is 1. The molecule has 5 nitrogen and oxygen atoms in total. The molecule has 0 aliphatic carbocycles. The van der Waals surface area contributed by atoms with E-state index >= 15 is 0 Å². The van der Waals surface area contributed by atoms with Crippen molar-refractivity contribution in [2.75, 3.05) is 31.1 Å². The number of hydrogen-bond donors (Lipinski definition) is 0. The van der Waals surface area contributed by atoms with Gasteiger partial charge in [-0.1, -0.05) is 51.8 Å². The molecule has 29 heavy (non-hydrogen) atoms. The summed E-state index contributed by atoms with van der Waals surface area (Å²) in [6.45, 7) is 4.29. The monoisotopic (exact) mass is 491 g/mol. The summed E-state index contributed by atoms with van der Waals surface area (Å²) in [5.74, 6) is 0. The van der Waals surface area contributed by atoms with E-state index in [9.17, 15) is 8.42 Å². The minimum absolute atomic E-state index is 0.329. The number of anilines is 1. The normalized spacial score (nSPS) is 15.6. The SMILES string of the molecule is Cc1ccc(Cc2csc(N3CCN(S(=O)(=O)c4cccc(Br)c4)CC3)n2)cc1. The lowest BCUT2D eigenvalue weighted by Gasteiger charge is -2.33. The maximum absolute atomic E-state index is 12.9. The molecular weight excluding hydrogens is 470 g/mol. The van der Waals surface area contributed by atoms with E-state index in [4.69, 9.17) is 4.98 Å². The lowest BCUT2D eigenvalue weighted by molar-refractivity contribution is 0.384. The van der Waals surface area contributed by atoms with Gasteiger partial charge in [-0.25, -0.2) is 13.4 Å². The van der Waals surface area contributed by atoms with Gasteiger partial charge in [0.2, 0.25) is 10.0 Å². The first-order valence-electron chi connectivity index (χ1n) is 9.42. The van der Waals surface area contributed by atoms with Crippen LogP contribution >= 0.6 is 27.3 Å². The smallest absolute Gasteiger partial charge is 0.243 e. The van der Waals surface area contributed by atoms with Crippen molar-refractivity contribution >= 4 is 42.4 Å². The summed E-state index contributed by atoms with van der Waals surface area (Å²) in [7, 11) is -3.47. The number of aromatic nitrogens is 1. The second-order valence-corrected chi connectivity index (χ2v) is 10.8. The zero-order chi connectivity index (χ0) is 20.4. The number of hydrogen-bond acceptors (Lipinski definition) is 5. The van der Waals surface area contributed by atoms with Gasteiger partial charge in [0.05, 0.1) is 10.6 Å². The van der Waals surface area contributed by atoms with E-state index in [1.807, 2.05) is 6.07 Å². The third kappa shape index (κ3) is 4.71. The minimum Gasteiger partial charge on any atom is -0.345 e. The third-order valence-electron chi connectivity index (χ3n) is 4.99. The number of halogens is 1. The molecule has 0 N–H and O–H groups in total. The van der Waals surface area contributed by atoms with Crippen LogP contribution in [0.25, 0.3) is 0 Å². The molecule has 0 bridgehead atoms. The highest BCUT2D eigenvalue weighted by Crippen LogP contribution is 2.26. The van der Waals surface area contributed by atoms with E-state index in [0.717, 1.165) is 21.7 Å². The molecule has 2 heterocycles. The van der Waals surface area contributed by atoms with E-state index in [1.165, 1.54) is 11.1 Å². The average Bonchev–Trinajstić information content (AvgIpc) is 3.18. The number of sulfonamides is 1. The average molecular weight is 492 g/mol. The second kappa shape index (κ2) is 8.55. The molecule has 152 valence electrons. The molecule has 2 aromatic carbocycles. The number of thiazole rings is 1. The van der Waals surface area contributed by atoms with E-state index in [0.29, 0.717) is 31.1 Å². The summed E-state index contributed by atoms with van der Waals surface area (Å²) in [6, 6.07) is 15.4. The van der Waals surface area contributed by atoms with Crippen LogP contribution in [0.15, 0.2) is 63.3 Å². The molecule has 1 aliphatic rings. The van der Waals surface area contributed by atoms with Crippen LogP contribution in [0.3, 0.4) is 0 Å². The predicted molar refractivity (Wildman–Crippen MR) is 121 cm³/mol. The van der Waals surface area contributed by atoms with E-state index in [-0.39, 0.29) is 0 Å². The molecule has 0 saturated carbocycles. The van der Waals surface area contributed by atoms with Gasteiger partial charge in [-0.15, -0.1) is 11.3 Å². The highest BCUT2D eigenvalue weighted by Gasteiger charge is 2.29. The van der Waals surface area contributed by atoms with Gasteiger partial charge in [-0.3, -0.25) is 0 Å². The van der Waals surface area contributed by atoms with Gasteiger partial charge in [-0.2, -0.15) is 4.31 Å². The molecule has 0 spiro atoms. The van der Waals surface area contributed by atoms with Gasteiger partial charge < -0.3 is 4.90 Å². The molecule has 1 saturated heterocycles. The van der Waals surface area contributed by atoms with E-state index < -0.39 is 10.0 Å². The molecule has 8 heteroatoms. The largest absolute Gasteiger partial charge is 0.345 e. The molecule has 0 atom stereocenters. The van der Waals surface area contributed by atoms with Crippen LogP contribution in [0.5, 0.6) is 0 Å². The Morgan fingerprint density at radius 3 is 2.48 bits per heavy atom. The lowest BCUT2D eigenvalue weighted by atomic mass is 10.1. The number of piperazine rings is 1. The molecular formula is C21H22BrN3O2S2. The van der Waals surface area contributed by atoms with Gasteiger partial charge >= 0.3 is 0 Å².